The molecule has 0 fully saturated rings. The number of ether oxygens (including phenoxy) is 2. The summed E-state index contributed by atoms with van der Waals surface area (Å²) in [5, 5.41) is 5.58. The number of rotatable bonds is 6. The van der Waals surface area contributed by atoms with Crippen LogP contribution in [-0.2, 0) is 28.9 Å². The SMILES string of the molecule is CC(C)(C)OC(=O)N1CCc2c(-c3ccc(Cl)cc3)nn(CCOCCN)c2CC1. The molecular weight excluding hydrogens is 404 g/mol. The van der Waals surface area contributed by atoms with Crippen molar-refractivity contribution < 1.29 is 14.3 Å². The van der Waals surface area contributed by atoms with E-state index < -0.39 is 5.60 Å². The Morgan fingerprint density at radius 3 is 2.53 bits per heavy atom. The van der Waals surface area contributed by atoms with Gasteiger partial charge in [0.25, 0.3) is 0 Å². The molecule has 2 heterocycles. The second-order valence-corrected chi connectivity index (χ2v) is 8.81. The zero-order valence-electron chi connectivity index (χ0n) is 18.0. The summed E-state index contributed by atoms with van der Waals surface area (Å²) < 4.78 is 13.2. The zero-order valence-corrected chi connectivity index (χ0v) is 18.7. The van der Waals surface area contributed by atoms with Crippen molar-refractivity contribution in [2.45, 2.75) is 45.8 Å². The van der Waals surface area contributed by atoms with E-state index in [4.69, 9.17) is 31.9 Å². The van der Waals surface area contributed by atoms with Crippen molar-refractivity contribution in [3.05, 3.63) is 40.5 Å². The molecule has 2 N–H and O–H groups in total. The number of nitrogens with zero attached hydrogens (tertiary/aromatic N) is 3. The summed E-state index contributed by atoms with van der Waals surface area (Å²) in [6.45, 7) is 9.05. The topological polar surface area (TPSA) is 82.6 Å². The Morgan fingerprint density at radius 2 is 1.87 bits per heavy atom. The minimum Gasteiger partial charge on any atom is -0.444 e. The van der Waals surface area contributed by atoms with Gasteiger partial charge in [-0.15, -0.1) is 0 Å². The molecule has 1 aliphatic heterocycles. The Balaban J connectivity index is 1.85. The van der Waals surface area contributed by atoms with Gasteiger partial charge >= 0.3 is 6.09 Å². The number of nitrogens with two attached hydrogens (primary N) is 1. The third-order valence-electron chi connectivity index (χ3n) is 4.90. The summed E-state index contributed by atoms with van der Waals surface area (Å²) in [5.41, 5.74) is 9.26. The van der Waals surface area contributed by atoms with Crippen LogP contribution in [-0.4, -0.2) is 59.2 Å². The molecule has 1 aliphatic rings. The molecule has 0 saturated heterocycles. The summed E-state index contributed by atoms with van der Waals surface area (Å²) in [6, 6.07) is 7.71. The van der Waals surface area contributed by atoms with Crippen molar-refractivity contribution in [1.82, 2.24) is 14.7 Å². The van der Waals surface area contributed by atoms with Crippen molar-refractivity contribution in [2.75, 3.05) is 32.8 Å². The Bertz CT molecular complexity index is 859. The fraction of sp³-hybridized carbons (Fsp3) is 0.545. The van der Waals surface area contributed by atoms with Gasteiger partial charge in [-0.2, -0.15) is 5.10 Å². The third kappa shape index (κ3) is 5.74. The van der Waals surface area contributed by atoms with Crippen LogP contribution in [0, 0.1) is 0 Å². The monoisotopic (exact) mass is 434 g/mol. The summed E-state index contributed by atoms with van der Waals surface area (Å²) in [4.78, 5) is 14.4. The number of fused-ring (bicyclic) bond motifs is 1. The highest BCUT2D eigenvalue weighted by atomic mass is 35.5. The maximum atomic E-state index is 12.6. The molecule has 0 spiro atoms. The van der Waals surface area contributed by atoms with Crippen molar-refractivity contribution in [3.8, 4) is 11.3 Å². The van der Waals surface area contributed by atoms with E-state index in [2.05, 4.69) is 0 Å². The molecular formula is C22H31ClN4O3. The van der Waals surface area contributed by atoms with E-state index in [1.54, 1.807) is 4.90 Å². The molecule has 0 atom stereocenters. The summed E-state index contributed by atoms with van der Waals surface area (Å²) >= 11 is 6.07. The van der Waals surface area contributed by atoms with Crippen LogP contribution in [0.3, 0.4) is 0 Å². The molecule has 0 aliphatic carbocycles. The van der Waals surface area contributed by atoms with E-state index in [1.807, 2.05) is 49.7 Å². The first-order chi connectivity index (χ1) is 14.3. The molecule has 2 aromatic rings. The lowest BCUT2D eigenvalue weighted by Gasteiger charge is -2.26. The van der Waals surface area contributed by atoms with Crippen LogP contribution in [0.2, 0.25) is 5.02 Å². The molecule has 164 valence electrons. The maximum absolute atomic E-state index is 12.6. The van der Waals surface area contributed by atoms with Crippen molar-refractivity contribution in [1.29, 1.82) is 0 Å². The molecule has 3 rings (SSSR count). The van der Waals surface area contributed by atoms with Gasteiger partial charge in [0, 0.05) is 47.9 Å². The minimum atomic E-state index is -0.512. The molecule has 30 heavy (non-hydrogen) atoms. The quantitative estimate of drug-likeness (QED) is 0.703. The Hall–Kier alpha value is -2.09. The molecule has 8 heteroatoms. The smallest absolute Gasteiger partial charge is 0.410 e. The second-order valence-electron chi connectivity index (χ2n) is 8.37. The van der Waals surface area contributed by atoms with Gasteiger partial charge in [0.15, 0.2) is 0 Å². The molecule has 1 aromatic carbocycles. The van der Waals surface area contributed by atoms with E-state index in [1.165, 1.54) is 5.56 Å². The van der Waals surface area contributed by atoms with Crippen molar-refractivity contribution in [3.63, 3.8) is 0 Å². The van der Waals surface area contributed by atoms with E-state index in [9.17, 15) is 4.79 Å². The number of halogens is 1. The molecule has 0 unspecified atom stereocenters. The van der Waals surface area contributed by atoms with Crippen molar-refractivity contribution in [2.24, 2.45) is 5.73 Å². The van der Waals surface area contributed by atoms with E-state index in [0.717, 1.165) is 23.4 Å². The first kappa shape index (κ1) is 22.6. The van der Waals surface area contributed by atoms with Gasteiger partial charge in [-0.25, -0.2) is 4.79 Å². The Kier molecular flexibility index (Phi) is 7.39. The van der Waals surface area contributed by atoms with Gasteiger partial charge < -0.3 is 20.1 Å². The number of carbonyl (C=O) groups is 1. The third-order valence-corrected chi connectivity index (χ3v) is 5.15. The highest BCUT2D eigenvalue weighted by Gasteiger charge is 2.28. The second kappa shape index (κ2) is 9.81. The van der Waals surface area contributed by atoms with Crippen LogP contribution in [0.25, 0.3) is 11.3 Å². The highest BCUT2D eigenvalue weighted by molar-refractivity contribution is 6.30. The number of hydrogen-bond acceptors (Lipinski definition) is 5. The van der Waals surface area contributed by atoms with Crippen LogP contribution < -0.4 is 5.73 Å². The lowest BCUT2D eigenvalue weighted by molar-refractivity contribution is 0.0257. The van der Waals surface area contributed by atoms with Crippen LogP contribution in [0.1, 0.15) is 32.0 Å². The minimum absolute atomic E-state index is 0.272. The lowest BCUT2D eigenvalue weighted by Crippen LogP contribution is -2.38. The molecule has 0 saturated carbocycles. The molecule has 7 nitrogen and oxygen atoms in total. The van der Waals surface area contributed by atoms with Crippen LogP contribution in [0.15, 0.2) is 24.3 Å². The standard InChI is InChI=1S/C22H31ClN4O3/c1-22(2,3)30-21(28)26-11-8-18-19(9-12-26)27(13-15-29-14-10-24)25-20(18)16-4-6-17(23)7-5-16/h4-7H,8-15,24H2,1-3H3. The largest absolute Gasteiger partial charge is 0.444 e. The van der Waals surface area contributed by atoms with Gasteiger partial charge in [0.1, 0.15) is 5.60 Å². The Labute approximate surface area is 183 Å². The number of hydrogen-bond donors (Lipinski definition) is 1. The van der Waals surface area contributed by atoms with E-state index in [-0.39, 0.29) is 6.09 Å². The number of amides is 1. The highest BCUT2D eigenvalue weighted by Crippen LogP contribution is 2.29. The Morgan fingerprint density at radius 1 is 1.17 bits per heavy atom. The first-order valence-electron chi connectivity index (χ1n) is 10.4. The fourth-order valence-electron chi connectivity index (χ4n) is 3.55. The van der Waals surface area contributed by atoms with Crippen LogP contribution in [0.5, 0.6) is 0 Å². The van der Waals surface area contributed by atoms with Gasteiger partial charge in [-0.05, 0) is 39.3 Å². The van der Waals surface area contributed by atoms with Crippen LogP contribution in [0.4, 0.5) is 4.79 Å². The van der Waals surface area contributed by atoms with Crippen molar-refractivity contribution >= 4 is 17.7 Å². The zero-order chi connectivity index (χ0) is 21.7. The summed E-state index contributed by atoms with van der Waals surface area (Å²) in [7, 11) is 0. The number of carbonyl (C=O) groups excluding carboxylic acids is 1. The summed E-state index contributed by atoms with van der Waals surface area (Å²) in [5.74, 6) is 0. The number of aromatic nitrogens is 2. The van der Waals surface area contributed by atoms with Gasteiger partial charge in [0.05, 0.1) is 25.5 Å². The lowest BCUT2D eigenvalue weighted by atomic mass is 10.0. The van der Waals surface area contributed by atoms with Gasteiger partial charge in [-0.1, -0.05) is 23.7 Å². The normalized spacial score (nSPS) is 14.4. The summed E-state index contributed by atoms with van der Waals surface area (Å²) in [6.07, 6.45) is 1.16. The predicted octanol–water partition coefficient (Wildman–Crippen LogP) is 3.51. The average molecular weight is 435 g/mol. The average Bonchev–Trinajstić information content (AvgIpc) is 2.87. The first-order valence-corrected chi connectivity index (χ1v) is 10.8. The molecule has 1 aromatic heterocycles. The molecule has 0 bridgehead atoms. The predicted molar refractivity (Wildman–Crippen MR) is 118 cm³/mol. The fourth-order valence-corrected chi connectivity index (χ4v) is 3.67. The van der Waals surface area contributed by atoms with Gasteiger partial charge in [-0.3, -0.25) is 4.68 Å². The number of benzene rings is 1. The molecule has 1 amide bonds. The van der Waals surface area contributed by atoms with Gasteiger partial charge in [0.2, 0.25) is 0 Å². The molecule has 0 radical (unpaired) electrons. The maximum Gasteiger partial charge on any atom is 0.410 e. The van der Waals surface area contributed by atoms with E-state index in [0.29, 0.717) is 50.8 Å². The van der Waals surface area contributed by atoms with Crippen LogP contribution >= 0.6 is 11.6 Å². The van der Waals surface area contributed by atoms with E-state index >= 15 is 0 Å².